The van der Waals surface area contributed by atoms with Gasteiger partial charge in [0.2, 0.25) is 0 Å². The normalized spacial score (nSPS) is 11.6. The van der Waals surface area contributed by atoms with Crippen LogP contribution in [0.1, 0.15) is 0 Å². The molecule has 0 aliphatic heterocycles. The Morgan fingerprint density at radius 1 is 1.00 bits per heavy atom. The van der Waals surface area contributed by atoms with Crippen molar-refractivity contribution in [3.63, 3.8) is 0 Å². The van der Waals surface area contributed by atoms with Gasteiger partial charge < -0.3 is 4.42 Å². The molecule has 0 aliphatic carbocycles. The summed E-state index contributed by atoms with van der Waals surface area (Å²) in [6, 6.07) is 12.0. The number of benzene rings is 2. The fourth-order valence-corrected chi connectivity index (χ4v) is 2.66. The van der Waals surface area contributed by atoms with Gasteiger partial charge in [-0.2, -0.15) is 0 Å². The van der Waals surface area contributed by atoms with E-state index in [-0.39, 0.29) is 0 Å². The molecule has 86 valence electrons. The monoisotopic (exact) mass is 253 g/mol. The highest BCUT2D eigenvalue weighted by atomic mass is 35.5. The zero-order chi connectivity index (χ0) is 12.1. The van der Waals surface area contributed by atoms with Crippen LogP contribution in [0, 0.1) is 0 Å². The molecular formula is C15H8ClNO. The van der Waals surface area contributed by atoms with Gasteiger partial charge in [0.25, 0.3) is 0 Å². The first-order valence-corrected chi connectivity index (χ1v) is 6.06. The third-order valence-corrected chi connectivity index (χ3v) is 3.60. The van der Waals surface area contributed by atoms with Crippen molar-refractivity contribution in [3.05, 3.63) is 53.8 Å². The summed E-state index contributed by atoms with van der Waals surface area (Å²) in [6.07, 6.45) is 3.54. The Kier molecular flexibility index (Phi) is 1.91. The number of furan rings is 1. The Labute approximate surface area is 108 Å². The molecule has 0 saturated heterocycles. The Balaban J connectivity index is 2.33. The van der Waals surface area contributed by atoms with Gasteiger partial charge in [-0.15, -0.1) is 0 Å². The molecule has 0 bridgehead atoms. The van der Waals surface area contributed by atoms with Crippen LogP contribution in [0.15, 0.2) is 53.2 Å². The van der Waals surface area contributed by atoms with E-state index in [2.05, 4.69) is 11.1 Å². The van der Waals surface area contributed by atoms with Gasteiger partial charge in [0.15, 0.2) is 5.58 Å². The van der Waals surface area contributed by atoms with Crippen LogP contribution in [0.2, 0.25) is 5.02 Å². The van der Waals surface area contributed by atoms with E-state index in [9.17, 15) is 0 Å². The zero-order valence-electron chi connectivity index (χ0n) is 9.35. The summed E-state index contributed by atoms with van der Waals surface area (Å²) in [5.41, 5.74) is 1.59. The van der Waals surface area contributed by atoms with Gasteiger partial charge in [-0.05, 0) is 23.6 Å². The number of hydrogen-bond donors (Lipinski definition) is 0. The van der Waals surface area contributed by atoms with Gasteiger partial charge in [0, 0.05) is 28.6 Å². The minimum atomic E-state index is 0.631. The van der Waals surface area contributed by atoms with Crippen molar-refractivity contribution in [1.82, 2.24) is 4.98 Å². The van der Waals surface area contributed by atoms with Crippen molar-refractivity contribution >= 4 is 44.3 Å². The summed E-state index contributed by atoms with van der Waals surface area (Å²) in [5, 5.41) is 4.77. The maximum Gasteiger partial charge on any atom is 0.154 e. The van der Waals surface area contributed by atoms with Crippen molar-refractivity contribution in [3.8, 4) is 0 Å². The third kappa shape index (κ3) is 1.21. The highest BCUT2D eigenvalue weighted by molar-refractivity contribution is 6.41. The van der Waals surface area contributed by atoms with Gasteiger partial charge >= 0.3 is 0 Å². The molecule has 2 nitrogen and oxygen atoms in total. The van der Waals surface area contributed by atoms with E-state index in [1.165, 1.54) is 0 Å². The lowest BCUT2D eigenvalue weighted by molar-refractivity contribution is 0.669. The first kappa shape index (κ1) is 9.92. The van der Waals surface area contributed by atoms with Crippen molar-refractivity contribution in [2.45, 2.75) is 0 Å². The molecule has 0 amide bonds. The molecule has 0 spiro atoms. The fourth-order valence-electron chi connectivity index (χ4n) is 2.36. The quantitative estimate of drug-likeness (QED) is 0.450. The second kappa shape index (κ2) is 3.47. The Bertz CT molecular complexity index is 895. The van der Waals surface area contributed by atoms with E-state index >= 15 is 0 Å². The largest absolute Gasteiger partial charge is 0.454 e. The van der Waals surface area contributed by atoms with Crippen molar-refractivity contribution < 1.29 is 4.42 Å². The number of nitrogens with zero attached hydrogens (tertiary/aromatic N) is 1. The van der Waals surface area contributed by atoms with Crippen molar-refractivity contribution in [2.75, 3.05) is 0 Å². The molecule has 0 aliphatic rings. The fraction of sp³-hybridized carbons (Fsp3) is 0. The molecule has 0 saturated carbocycles. The molecule has 0 N–H and O–H groups in total. The lowest BCUT2D eigenvalue weighted by Gasteiger charge is -2.00. The maximum atomic E-state index is 6.41. The molecule has 0 radical (unpaired) electrons. The van der Waals surface area contributed by atoms with Crippen LogP contribution in [-0.2, 0) is 0 Å². The van der Waals surface area contributed by atoms with Crippen LogP contribution >= 0.6 is 11.6 Å². The van der Waals surface area contributed by atoms with E-state index in [0.717, 1.165) is 32.7 Å². The molecule has 4 rings (SSSR count). The first-order valence-electron chi connectivity index (χ1n) is 5.68. The summed E-state index contributed by atoms with van der Waals surface area (Å²) >= 11 is 6.41. The number of pyridine rings is 1. The number of halogens is 1. The lowest BCUT2D eigenvalue weighted by Crippen LogP contribution is -1.77. The third-order valence-electron chi connectivity index (χ3n) is 3.22. The van der Waals surface area contributed by atoms with Crippen LogP contribution in [0.4, 0.5) is 0 Å². The van der Waals surface area contributed by atoms with Crippen molar-refractivity contribution in [2.24, 2.45) is 0 Å². The Morgan fingerprint density at radius 2 is 1.89 bits per heavy atom. The second-order valence-corrected chi connectivity index (χ2v) is 4.64. The SMILES string of the molecule is Clc1c2cnccc2cc2c1oc1ccccc12. The van der Waals surface area contributed by atoms with Gasteiger partial charge in [-0.1, -0.05) is 29.8 Å². The minimum Gasteiger partial charge on any atom is -0.454 e. The van der Waals surface area contributed by atoms with Gasteiger partial charge in [0.1, 0.15) is 5.58 Å². The molecule has 18 heavy (non-hydrogen) atoms. The van der Waals surface area contributed by atoms with Gasteiger partial charge in [-0.3, -0.25) is 4.98 Å². The molecule has 4 aromatic rings. The van der Waals surface area contributed by atoms with Gasteiger partial charge in [-0.25, -0.2) is 0 Å². The Hall–Kier alpha value is -2.06. The standard InChI is InChI=1S/C15H8ClNO/c16-14-12-8-17-6-5-9(12)7-11-10-3-1-2-4-13(10)18-15(11)14/h1-8H. The number of para-hydroxylation sites is 1. The smallest absolute Gasteiger partial charge is 0.154 e. The number of fused-ring (bicyclic) bond motifs is 4. The summed E-state index contributed by atoms with van der Waals surface area (Å²) in [4.78, 5) is 4.11. The summed E-state index contributed by atoms with van der Waals surface area (Å²) in [7, 11) is 0. The highest BCUT2D eigenvalue weighted by Gasteiger charge is 2.12. The first-order chi connectivity index (χ1) is 8.84. The zero-order valence-corrected chi connectivity index (χ0v) is 10.1. The van der Waals surface area contributed by atoms with Crippen LogP contribution in [-0.4, -0.2) is 4.98 Å². The highest BCUT2D eigenvalue weighted by Crippen LogP contribution is 2.37. The molecule has 2 heterocycles. The average molecular weight is 254 g/mol. The van der Waals surface area contributed by atoms with E-state index in [1.807, 2.05) is 30.3 Å². The molecule has 0 fully saturated rings. The molecule has 2 aromatic heterocycles. The average Bonchev–Trinajstić information content (AvgIpc) is 2.79. The summed E-state index contributed by atoms with van der Waals surface area (Å²) in [5.74, 6) is 0. The van der Waals surface area contributed by atoms with E-state index in [0.29, 0.717) is 5.02 Å². The van der Waals surface area contributed by atoms with Gasteiger partial charge in [0.05, 0.1) is 5.02 Å². The van der Waals surface area contributed by atoms with Crippen LogP contribution < -0.4 is 0 Å². The van der Waals surface area contributed by atoms with Crippen LogP contribution in [0.25, 0.3) is 32.7 Å². The summed E-state index contributed by atoms with van der Waals surface area (Å²) < 4.78 is 5.83. The van der Waals surface area contributed by atoms with E-state index < -0.39 is 0 Å². The maximum absolute atomic E-state index is 6.41. The Morgan fingerprint density at radius 3 is 2.83 bits per heavy atom. The van der Waals surface area contributed by atoms with Crippen molar-refractivity contribution in [1.29, 1.82) is 0 Å². The number of hydrogen-bond acceptors (Lipinski definition) is 2. The second-order valence-electron chi connectivity index (χ2n) is 4.26. The lowest BCUT2D eigenvalue weighted by atomic mass is 10.1. The summed E-state index contributed by atoms with van der Waals surface area (Å²) in [6.45, 7) is 0. The van der Waals surface area contributed by atoms with E-state index in [1.54, 1.807) is 12.4 Å². The van der Waals surface area contributed by atoms with Crippen LogP contribution in [0.5, 0.6) is 0 Å². The minimum absolute atomic E-state index is 0.631. The molecule has 2 aromatic carbocycles. The topological polar surface area (TPSA) is 26.0 Å². The molecule has 0 atom stereocenters. The van der Waals surface area contributed by atoms with E-state index in [4.69, 9.17) is 16.0 Å². The predicted molar refractivity (Wildman–Crippen MR) is 74.0 cm³/mol. The molecule has 3 heteroatoms. The number of rotatable bonds is 0. The van der Waals surface area contributed by atoms with Crippen LogP contribution in [0.3, 0.4) is 0 Å². The predicted octanol–water partition coefficient (Wildman–Crippen LogP) is 4.79. The number of aromatic nitrogens is 1. The molecule has 0 unspecified atom stereocenters. The molecular weight excluding hydrogens is 246 g/mol.